The van der Waals surface area contributed by atoms with Gasteiger partial charge in [0.15, 0.2) is 0 Å². The minimum absolute atomic E-state index is 0.178. The van der Waals surface area contributed by atoms with Gasteiger partial charge in [0.05, 0.1) is 5.69 Å². The Morgan fingerprint density at radius 1 is 1.55 bits per heavy atom. The molecule has 0 saturated carbocycles. The molecule has 112 valence electrons. The standard InChI is InChI=1S/C16H27N3O/c1-11(16(3,4)5)8-15(20)18-13-6-7-14-17-12(2)9-19(14)10-13/h9,11,13H,6-8,10H2,1-5H3,(H,18,20). The van der Waals surface area contributed by atoms with Crippen LogP contribution in [0.5, 0.6) is 0 Å². The fourth-order valence-corrected chi connectivity index (χ4v) is 2.58. The molecule has 0 radical (unpaired) electrons. The molecule has 0 bridgehead atoms. The van der Waals surface area contributed by atoms with Crippen molar-refractivity contribution in [2.24, 2.45) is 11.3 Å². The van der Waals surface area contributed by atoms with E-state index < -0.39 is 0 Å². The largest absolute Gasteiger partial charge is 0.352 e. The van der Waals surface area contributed by atoms with E-state index in [0.29, 0.717) is 12.3 Å². The number of fused-ring (bicyclic) bond motifs is 1. The molecule has 2 unspecified atom stereocenters. The van der Waals surface area contributed by atoms with Crippen molar-refractivity contribution in [1.82, 2.24) is 14.9 Å². The minimum Gasteiger partial charge on any atom is -0.352 e. The zero-order valence-electron chi connectivity index (χ0n) is 13.4. The average Bonchev–Trinajstić information content (AvgIpc) is 2.66. The highest BCUT2D eigenvalue weighted by Crippen LogP contribution is 2.28. The second kappa shape index (κ2) is 5.58. The van der Waals surface area contributed by atoms with E-state index in [2.05, 4.69) is 48.8 Å². The summed E-state index contributed by atoms with van der Waals surface area (Å²) in [6.45, 7) is 11.6. The molecule has 0 aliphatic carbocycles. The fraction of sp³-hybridized carbons (Fsp3) is 0.750. The highest BCUT2D eigenvalue weighted by molar-refractivity contribution is 5.76. The third kappa shape index (κ3) is 3.62. The van der Waals surface area contributed by atoms with Gasteiger partial charge in [-0.15, -0.1) is 0 Å². The van der Waals surface area contributed by atoms with Gasteiger partial charge in [-0.05, 0) is 24.7 Å². The first-order valence-electron chi connectivity index (χ1n) is 7.57. The predicted octanol–water partition coefficient (Wildman–Crippen LogP) is 2.69. The highest BCUT2D eigenvalue weighted by atomic mass is 16.1. The van der Waals surface area contributed by atoms with Gasteiger partial charge in [-0.3, -0.25) is 4.79 Å². The molecule has 20 heavy (non-hydrogen) atoms. The number of amides is 1. The number of carbonyl (C=O) groups excluding carboxylic acids is 1. The van der Waals surface area contributed by atoms with Gasteiger partial charge >= 0.3 is 0 Å². The van der Waals surface area contributed by atoms with Gasteiger partial charge in [0.1, 0.15) is 5.82 Å². The number of carbonyl (C=O) groups is 1. The summed E-state index contributed by atoms with van der Waals surface area (Å²) < 4.78 is 2.18. The minimum atomic E-state index is 0.178. The van der Waals surface area contributed by atoms with Crippen molar-refractivity contribution in [2.75, 3.05) is 0 Å². The summed E-state index contributed by atoms with van der Waals surface area (Å²) in [5.74, 6) is 1.71. The van der Waals surface area contributed by atoms with Crippen molar-refractivity contribution in [3.63, 3.8) is 0 Å². The molecule has 0 fully saturated rings. The summed E-state index contributed by atoms with van der Waals surface area (Å²) in [4.78, 5) is 16.6. The molecule has 2 atom stereocenters. The zero-order valence-corrected chi connectivity index (χ0v) is 13.4. The van der Waals surface area contributed by atoms with Gasteiger partial charge in [-0.1, -0.05) is 27.7 Å². The Morgan fingerprint density at radius 3 is 2.90 bits per heavy atom. The van der Waals surface area contributed by atoms with Crippen LogP contribution in [0.4, 0.5) is 0 Å². The lowest BCUT2D eigenvalue weighted by atomic mass is 9.80. The molecule has 1 aliphatic heterocycles. The van der Waals surface area contributed by atoms with Crippen LogP contribution in [0.3, 0.4) is 0 Å². The Bertz CT molecular complexity index is 484. The van der Waals surface area contributed by atoms with Crippen LogP contribution in [0.15, 0.2) is 6.20 Å². The van der Waals surface area contributed by atoms with E-state index in [1.54, 1.807) is 0 Å². The summed E-state index contributed by atoms with van der Waals surface area (Å²) in [6, 6.07) is 0.246. The zero-order chi connectivity index (χ0) is 14.9. The molecule has 0 spiro atoms. The number of aryl methyl sites for hydroxylation is 2. The Hall–Kier alpha value is -1.32. The van der Waals surface area contributed by atoms with Crippen molar-refractivity contribution in [2.45, 2.75) is 66.5 Å². The van der Waals surface area contributed by atoms with E-state index in [1.807, 2.05) is 6.92 Å². The van der Waals surface area contributed by atoms with Gasteiger partial charge in [0, 0.05) is 31.6 Å². The number of imidazole rings is 1. The SMILES string of the molecule is Cc1cn2c(n1)CCC(NC(=O)CC(C)C(C)(C)C)C2. The molecule has 1 aromatic heterocycles. The summed E-state index contributed by atoms with van der Waals surface area (Å²) >= 11 is 0. The summed E-state index contributed by atoms with van der Waals surface area (Å²) in [5.41, 5.74) is 1.24. The molecule has 2 heterocycles. The number of aromatic nitrogens is 2. The number of rotatable bonds is 3. The second-order valence-corrected chi connectivity index (χ2v) is 7.23. The molecule has 1 aliphatic rings. The molecule has 2 rings (SSSR count). The van der Waals surface area contributed by atoms with E-state index in [1.165, 1.54) is 0 Å². The molecular formula is C16H27N3O. The Morgan fingerprint density at radius 2 is 2.25 bits per heavy atom. The highest BCUT2D eigenvalue weighted by Gasteiger charge is 2.25. The Labute approximate surface area is 122 Å². The fourth-order valence-electron chi connectivity index (χ4n) is 2.58. The van der Waals surface area contributed by atoms with Gasteiger partial charge in [-0.2, -0.15) is 0 Å². The molecule has 1 N–H and O–H groups in total. The molecule has 1 aromatic rings. The molecule has 0 saturated heterocycles. The van der Waals surface area contributed by atoms with Crippen LogP contribution < -0.4 is 5.32 Å². The first-order valence-corrected chi connectivity index (χ1v) is 7.57. The summed E-state index contributed by atoms with van der Waals surface area (Å²) in [7, 11) is 0. The van der Waals surface area contributed by atoms with Crippen LogP contribution in [-0.2, 0) is 17.8 Å². The third-order valence-corrected chi connectivity index (χ3v) is 4.45. The lowest BCUT2D eigenvalue weighted by Crippen LogP contribution is -2.42. The van der Waals surface area contributed by atoms with Crippen molar-refractivity contribution in [1.29, 1.82) is 0 Å². The van der Waals surface area contributed by atoms with Gasteiger partial charge in [-0.25, -0.2) is 4.98 Å². The maximum absolute atomic E-state index is 12.1. The quantitative estimate of drug-likeness (QED) is 0.923. The van der Waals surface area contributed by atoms with Crippen LogP contribution in [-0.4, -0.2) is 21.5 Å². The second-order valence-electron chi connectivity index (χ2n) is 7.23. The van der Waals surface area contributed by atoms with E-state index >= 15 is 0 Å². The van der Waals surface area contributed by atoms with E-state index in [9.17, 15) is 4.79 Å². The Kier molecular flexibility index (Phi) is 4.21. The van der Waals surface area contributed by atoms with Crippen LogP contribution in [0, 0.1) is 18.3 Å². The van der Waals surface area contributed by atoms with Crippen molar-refractivity contribution in [3.8, 4) is 0 Å². The number of nitrogens with one attached hydrogen (secondary N) is 1. The predicted molar refractivity (Wildman–Crippen MR) is 80.5 cm³/mol. The molecule has 0 aromatic carbocycles. The van der Waals surface area contributed by atoms with Crippen LogP contribution >= 0.6 is 0 Å². The molecule has 4 heteroatoms. The average molecular weight is 277 g/mol. The summed E-state index contributed by atoms with van der Waals surface area (Å²) in [6.07, 6.45) is 4.63. The number of hydrogen-bond acceptors (Lipinski definition) is 2. The number of hydrogen-bond donors (Lipinski definition) is 1. The molecule has 1 amide bonds. The van der Waals surface area contributed by atoms with E-state index in [-0.39, 0.29) is 17.4 Å². The molecular weight excluding hydrogens is 250 g/mol. The van der Waals surface area contributed by atoms with Gasteiger partial charge in [0.2, 0.25) is 5.91 Å². The van der Waals surface area contributed by atoms with Crippen LogP contribution in [0.1, 0.15) is 52.1 Å². The van der Waals surface area contributed by atoms with E-state index in [0.717, 1.165) is 30.9 Å². The lowest BCUT2D eigenvalue weighted by Gasteiger charge is -2.29. The van der Waals surface area contributed by atoms with Crippen LogP contribution in [0.2, 0.25) is 0 Å². The summed E-state index contributed by atoms with van der Waals surface area (Å²) in [5, 5.41) is 3.18. The van der Waals surface area contributed by atoms with E-state index in [4.69, 9.17) is 0 Å². The van der Waals surface area contributed by atoms with Crippen molar-refractivity contribution < 1.29 is 4.79 Å². The smallest absolute Gasteiger partial charge is 0.220 e. The molecule has 4 nitrogen and oxygen atoms in total. The monoisotopic (exact) mass is 277 g/mol. The first-order chi connectivity index (χ1) is 9.25. The maximum atomic E-state index is 12.1. The number of nitrogens with zero attached hydrogens (tertiary/aromatic N) is 2. The van der Waals surface area contributed by atoms with Crippen molar-refractivity contribution in [3.05, 3.63) is 17.7 Å². The first kappa shape index (κ1) is 15.1. The third-order valence-electron chi connectivity index (χ3n) is 4.45. The van der Waals surface area contributed by atoms with Crippen molar-refractivity contribution >= 4 is 5.91 Å². The topological polar surface area (TPSA) is 46.9 Å². The van der Waals surface area contributed by atoms with Crippen LogP contribution in [0.25, 0.3) is 0 Å². The normalized spacial score (nSPS) is 20.4. The van der Waals surface area contributed by atoms with Gasteiger partial charge < -0.3 is 9.88 Å². The maximum Gasteiger partial charge on any atom is 0.220 e. The van der Waals surface area contributed by atoms with Gasteiger partial charge in [0.25, 0.3) is 0 Å². The lowest BCUT2D eigenvalue weighted by molar-refractivity contribution is -0.123. The Balaban J connectivity index is 1.87.